The highest BCUT2D eigenvalue weighted by atomic mass is 79.9. The molecule has 1 fully saturated rings. The number of carbonyl (C=O) groups excluding carboxylic acids is 1. The highest BCUT2D eigenvalue weighted by Gasteiger charge is 2.27. The van der Waals surface area contributed by atoms with Crippen LogP contribution in [0.25, 0.3) is 0 Å². The first-order valence-corrected chi connectivity index (χ1v) is 10.1. The summed E-state index contributed by atoms with van der Waals surface area (Å²) in [7, 11) is 0. The molecule has 1 saturated heterocycles. The third-order valence-corrected chi connectivity index (χ3v) is 5.99. The average Bonchev–Trinajstić information content (AvgIpc) is 3.11. The smallest absolute Gasteiger partial charge is 0.255 e. The molecule has 0 spiro atoms. The van der Waals surface area contributed by atoms with Crippen LogP contribution < -0.4 is 0 Å². The van der Waals surface area contributed by atoms with Gasteiger partial charge in [0.05, 0.1) is 10.6 Å². The fourth-order valence-electron chi connectivity index (χ4n) is 2.95. The van der Waals surface area contributed by atoms with Crippen molar-refractivity contribution in [3.8, 4) is 0 Å². The normalized spacial score (nSPS) is 15.4. The average molecular weight is 429 g/mol. The Morgan fingerprint density at radius 1 is 1.33 bits per heavy atom. The summed E-state index contributed by atoms with van der Waals surface area (Å²) in [6.45, 7) is 2.12. The van der Waals surface area contributed by atoms with Gasteiger partial charge in [-0.15, -0.1) is 11.3 Å². The minimum absolute atomic E-state index is 0.00440. The van der Waals surface area contributed by atoms with E-state index in [0.29, 0.717) is 30.3 Å². The third-order valence-electron chi connectivity index (χ3n) is 4.23. The number of nitrogens with zero attached hydrogens (tertiary/aromatic N) is 1. The Labute approximate surface area is 159 Å². The minimum Gasteiger partial charge on any atom is -0.381 e. The lowest BCUT2D eigenvalue weighted by atomic mass is 10.0. The first kappa shape index (κ1) is 17.9. The summed E-state index contributed by atoms with van der Waals surface area (Å²) in [6, 6.07) is 9.79. The summed E-state index contributed by atoms with van der Waals surface area (Å²) in [5.41, 5.74) is 0.559. The quantitative estimate of drug-likeness (QED) is 0.668. The molecular weight excluding hydrogens is 410 g/mol. The molecule has 1 aliphatic rings. The van der Waals surface area contributed by atoms with Crippen molar-refractivity contribution in [1.29, 1.82) is 0 Å². The molecule has 0 unspecified atom stereocenters. The fraction of sp³-hybridized carbons (Fsp3) is 0.389. The highest BCUT2D eigenvalue weighted by Crippen LogP contribution is 2.25. The maximum absolute atomic E-state index is 13.2. The van der Waals surface area contributed by atoms with E-state index in [9.17, 15) is 4.79 Å². The number of amides is 1. The summed E-state index contributed by atoms with van der Waals surface area (Å²) >= 11 is 11.4. The molecule has 1 aromatic carbocycles. The zero-order valence-electron chi connectivity index (χ0n) is 13.2. The van der Waals surface area contributed by atoms with Gasteiger partial charge >= 0.3 is 0 Å². The van der Waals surface area contributed by atoms with Gasteiger partial charge < -0.3 is 9.64 Å². The Bertz CT molecular complexity index is 686. The van der Waals surface area contributed by atoms with Crippen molar-refractivity contribution in [3.05, 3.63) is 55.6 Å². The molecule has 1 amide bonds. The number of hydrogen-bond acceptors (Lipinski definition) is 3. The predicted molar refractivity (Wildman–Crippen MR) is 102 cm³/mol. The van der Waals surface area contributed by atoms with Crippen molar-refractivity contribution >= 4 is 44.8 Å². The van der Waals surface area contributed by atoms with E-state index in [2.05, 4.69) is 27.4 Å². The molecule has 0 aliphatic carbocycles. The van der Waals surface area contributed by atoms with Crippen LogP contribution in [0.3, 0.4) is 0 Å². The molecule has 6 heteroatoms. The summed E-state index contributed by atoms with van der Waals surface area (Å²) in [5, 5.41) is 2.57. The van der Waals surface area contributed by atoms with Crippen LogP contribution in [0.5, 0.6) is 0 Å². The lowest BCUT2D eigenvalue weighted by Gasteiger charge is -2.34. The molecule has 3 nitrogen and oxygen atoms in total. The van der Waals surface area contributed by atoms with Gasteiger partial charge in [0.2, 0.25) is 0 Å². The highest BCUT2D eigenvalue weighted by molar-refractivity contribution is 9.10. The summed E-state index contributed by atoms with van der Waals surface area (Å²) in [6.07, 6.45) is 2.62. The Morgan fingerprint density at radius 3 is 2.83 bits per heavy atom. The second kappa shape index (κ2) is 8.48. The molecule has 2 heterocycles. The van der Waals surface area contributed by atoms with E-state index in [1.165, 1.54) is 4.88 Å². The molecule has 0 N–H and O–H groups in total. The summed E-state index contributed by atoms with van der Waals surface area (Å²) < 4.78 is 6.32. The second-order valence-corrected chi connectivity index (χ2v) is 8.15. The van der Waals surface area contributed by atoms with Crippen molar-refractivity contribution in [3.63, 3.8) is 0 Å². The zero-order chi connectivity index (χ0) is 16.9. The van der Waals surface area contributed by atoms with Gasteiger partial charge in [0.25, 0.3) is 5.91 Å². The van der Waals surface area contributed by atoms with Gasteiger partial charge in [0.1, 0.15) is 0 Å². The van der Waals surface area contributed by atoms with Gasteiger partial charge in [0, 0.05) is 35.2 Å². The van der Waals surface area contributed by atoms with E-state index < -0.39 is 0 Å². The van der Waals surface area contributed by atoms with Gasteiger partial charge in [-0.3, -0.25) is 4.79 Å². The van der Waals surface area contributed by atoms with Crippen LogP contribution in [0.15, 0.2) is 40.2 Å². The molecule has 1 aromatic heterocycles. The van der Waals surface area contributed by atoms with Crippen molar-refractivity contribution in [2.45, 2.75) is 25.3 Å². The number of ether oxygens (including phenoxy) is 1. The van der Waals surface area contributed by atoms with Crippen molar-refractivity contribution in [2.75, 3.05) is 19.8 Å². The van der Waals surface area contributed by atoms with E-state index in [-0.39, 0.29) is 11.9 Å². The minimum atomic E-state index is 0.00440. The van der Waals surface area contributed by atoms with Crippen LogP contribution in [0.1, 0.15) is 28.1 Å². The molecule has 0 radical (unpaired) electrons. The van der Waals surface area contributed by atoms with E-state index in [1.54, 1.807) is 17.4 Å². The first-order chi connectivity index (χ1) is 11.6. The van der Waals surface area contributed by atoms with Crippen LogP contribution in [0, 0.1) is 0 Å². The molecule has 3 rings (SSSR count). The Morgan fingerprint density at radius 2 is 2.12 bits per heavy atom. The molecule has 24 heavy (non-hydrogen) atoms. The lowest BCUT2D eigenvalue weighted by Crippen LogP contribution is -2.44. The van der Waals surface area contributed by atoms with Gasteiger partial charge in [-0.2, -0.15) is 0 Å². The van der Waals surface area contributed by atoms with Crippen LogP contribution >= 0.6 is 38.9 Å². The monoisotopic (exact) mass is 427 g/mol. The molecule has 1 aliphatic heterocycles. The van der Waals surface area contributed by atoms with E-state index >= 15 is 0 Å². The number of rotatable bonds is 5. The number of halogens is 2. The fourth-order valence-corrected chi connectivity index (χ4v) is 4.21. The third kappa shape index (κ3) is 4.39. The maximum atomic E-state index is 13.2. The molecule has 128 valence electrons. The predicted octanol–water partition coefficient (Wildman–Crippen LogP) is 5.03. The zero-order valence-corrected chi connectivity index (χ0v) is 16.4. The molecular formula is C18H19BrClNO2S. The standard InChI is InChI=1S/C18H19BrClNO2S/c19-13-3-4-17(20)16(12-13)18(22)21(14-6-9-23-10-7-14)8-5-15-2-1-11-24-15/h1-4,11-12,14H,5-10H2. The summed E-state index contributed by atoms with van der Waals surface area (Å²) in [4.78, 5) is 16.4. The van der Waals surface area contributed by atoms with Crippen molar-refractivity contribution in [1.82, 2.24) is 4.90 Å². The van der Waals surface area contributed by atoms with Crippen LogP contribution in [0.2, 0.25) is 5.02 Å². The van der Waals surface area contributed by atoms with E-state index in [4.69, 9.17) is 16.3 Å². The summed E-state index contributed by atoms with van der Waals surface area (Å²) in [5.74, 6) is 0.00440. The number of carbonyl (C=O) groups is 1. The molecule has 0 bridgehead atoms. The Balaban J connectivity index is 1.81. The van der Waals surface area contributed by atoms with E-state index in [0.717, 1.165) is 23.7 Å². The Hall–Kier alpha value is -0.880. The van der Waals surface area contributed by atoms with Crippen LogP contribution in [0.4, 0.5) is 0 Å². The maximum Gasteiger partial charge on any atom is 0.255 e. The molecule has 0 saturated carbocycles. The number of hydrogen-bond donors (Lipinski definition) is 0. The first-order valence-electron chi connectivity index (χ1n) is 8.01. The second-order valence-electron chi connectivity index (χ2n) is 5.80. The number of benzene rings is 1. The number of thiophene rings is 1. The van der Waals surface area contributed by atoms with E-state index in [1.807, 2.05) is 23.1 Å². The van der Waals surface area contributed by atoms with Gasteiger partial charge in [0.15, 0.2) is 0 Å². The molecule has 2 aromatic rings. The van der Waals surface area contributed by atoms with Gasteiger partial charge in [-0.1, -0.05) is 33.6 Å². The van der Waals surface area contributed by atoms with Crippen molar-refractivity contribution in [2.24, 2.45) is 0 Å². The Kier molecular flexibility index (Phi) is 6.33. The van der Waals surface area contributed by atoms with Gasteiger partial charge in [-0.25, -0.2) is 0 Å². The largest absolute Gasteiger partial charge is 0.381 e. The van der Waals surface area contributed by atoms with Crippen molar-refractivity contribution < 1.29 is 9.53 Å². The van der Waals surface area contributed by atoms with Crippen LogP contribution in [-0.2, 0) is 11.2 Å². The molecule has 0 atom stereocenters. The lowest BCUT2D eigenvalue weighted by molar-refractivity contribution is 0.0294. The SMILES string of the molecule is O=C(c1cc(Br)ccc1Cl)N(CCc1cccs1)C1CCOCC1. The van der Waals surface area contributed by atoms with Crippen LogP contribution in [-0.4, -0.2) is 36.6 Å². The topological polar surface area (TPSA) is 29.5 Å². The van der Waals surface area contributed by atoms with Gasteiger partial charge in [-0.05, 0) is 48.9 Å².